The zero-order valence-electron chi connectivity index (χ0n) is 22.8. The van der Waals surface area contributed by atoms with Gasteiger partial charge in [-0.1, -0.05) is 6.07 Å². The number of nitrogens with zero attached hydrogens (tertiary/aromatic N) is 3. The van der Waals surface area contributed by atoms with Crippen LogP contribution in [-0.4, -0.2) is 44.5 Å². The zero-order valence-corrected chi connectivity index (χ0v) is 22.8. The van der Waals surface area contributed by atoms with E-state index in [0.717, 1.165) is 54.8 Å². The lowest BCUT2D eigenvalue weighted by Crippen LogP contribution is -2.42. The molecule has 1 amide bonds. The van der Waals surface area contributed by atoms with E-state index in [-0.39, 0.29) is 17.5 Å². The van der Waals surface area contributed by atoms with Gasteiger partial charge in [-0.15, -0.1) is 0 Å². The predicted molar refractivity (Wildman–Crippen MR) is 160 cm³/mol. The van der Waals surface area contributed by atoms with E-state index in [1.54, 1.807) is 55.0 Å². The lowest BCUT2D eigenvalue weighted by molar-refractivity contribution is 0.102. The van der Waals surface area contributed by atoms with Crippen molar-refractivity contribution in [3.05, 3.63) is 113 Å². The minimum Gasteiger partial charge on any atom is -0.457 e. The van der Waals surface area contributed by atoms with Gasteiger partial charge in [0.25, 0.3) is 11.5 Å². The van der Waals surface area contributed by atoms with E-state index in [0.29, 0.717) is 28.1 Å². The third-order valence-electron chi connectivity index (χ3n) is 7.27. The van der Waals surface area contributed by atoms with Gasteiger partial charge in [0.2, 0.25) is 0 Å². The molecule has 1 aliphatic heterocycles. The highest BCUT2D eigenvalue weighted by molar-refractivity contribution is 6.04. The summed E-state index contributed by atoms with van der Waals surface area (Å²) in [5.41, 5.74) is 10.2. The van der Waals surface area contributed by atoms with Crippen LogP contribution in [0.3, 0.4) is 0 Å². The fraction of sp³-hybridized carbons (Fsp3) is 0.219. The molecule has 2 aromatic heterocycles. The van der Waals surface area contributed by atoms with E-state index in [2.05, 4.69) is 26.3 Å². The maximum absolute atomic E-state index is 13.4. The number of aromatic nitrogens is 3. The second-order valence-electron chi connectivity index (χ2n) is 10.6. The molecule has 0 spiro atoms. The molecule has 208 valence electrons. The first kappa shape index (κ1) is 26.5. The van der Waals surface area contributed by atoms with E-state index in [9.17, 15) is 9.59 Å². The molecular formula is C32H32N6O3. The quantitative estimate of drug-likeness (QED) is 0.264. The van der Waals surface area contributed by atoms with E-state index < -0.39 is 0 Å². The molecule has 0 bridgehead atoms. The van der Waals surface area contributed by atoms with Gasteiger partial charge in [0, 0.05) is 53.8 Å². The molecule has 41 heavy (non-hydrogen) atoms. The van der Waals surface area contributed by atoms with Crippen molar-refractivity contribution in [2.45, 2.75) is 32.4 Å². The number of rotatable bonds is 7. The number of fused-ring (bicyclic) bond motifs is 1. The molecule has 3 heterocycles. The number of nitrogens with two attached hydrogens (primary N) is 1. The van der Waals surface area contributed by atoms with Crippen molar-refractivity contribution in [2.24, 2.45) is 5.73 Å². The molecule has 3 aromatic carbocycles. The number of amides is 1. The maximum atomic E-state index is 13.4. The fourth-order valence-corrected chi connectivity index (χ4v) is 5.32. The summed E-state index contributed by atoms with van der Waals surface area (Å²) in [5.74, 6) is 0.850. The van der Waals surface area contributed by atoms with Crippen LogP contribution >= 0.6 is 0 Å². The summed E-state index contributed by atoms with van der Waals surface area (Å²) in [6.07, 6.45) is 7.48. The van der Waals surface area contributed by atoms with E-state index in [1.807, 2.05) is 35.9 Å². The first-order valence-electron chi connectivity index (χ1n) is 13.7. The normalized spacial score (nSPS) is 15.6. The first-order chi connectivity index (χ1) is 19.9. The lowest BCUT2D eigenvalue weighted by atomic mass is 10.1. The highest BCUT2D eigenvalue weighted by Crippen LogP contribution is 2.26. The Balaban J connectivity index is 1.23. The molecule has 1 saturated heterocycles. The number of aryl methyl sites for hydroxylation is 1. The topological polar surface area (TPSA) is 118 Å². The number of nitrogens with one attached hydrogen (secondary N) is 2. The van der Waals surface area contributed by atoms with Crippen molar-refractivity contribution < 1.29 is 9.53 Å². The Hall–Kier alpha value is -4.73. The number of H-pyrrole nitrogens is 1. The molecule has 1 fully saturated rings. The van der Waals surface area contributed by atoms with E-state index in [1.165, 1.54) is 0 Å². The third kappa shape index (κ3) is 6.21. The summed E-state index contributed by atoms with van der Waals surface area (Å²) in [6, 6.07) is 20.4. The number of carbonyl (C=O) groups excluding carboxylic acids is 1. The summed E-state index contributed by atoms with van der Waals surface area (Å²) in [5, 5.41) is 4.43. The standard InChI is InChI=1S/C32H32N6O3/c1-21-17-38(20-35-21)27-13-22(18-37-11-3-5-25(33)19-37)12-26(16-27)36-31(39)24-4-2-6-28(15-24)41-29-7-8-30-23(14-29)9-10-34-32(30)40/h2,4,6-10,12-17,20,25H,3,5,11,18-19,33H2,1H3,(H,34,40)(H,36,39)/t25-/m0/s1. The van der Waals surface area contributed by atoms with Crippen molar-refractivity contribution in [1.82, 2.24) is 19.4 Å². The number of hydrogen-bond donors (Lipinski definition) is 3. The highest BCUT2D eigenvalue weighted by atomic mass is 16.5. The second kappa shape index (κ2) is 11.4. The number of anilines is 1. The monoisotopic (exact) mass is 548 g/mol. The van der Waals surface area contributed by atoms with Gasteiger partial charge in [0.15, 0.2) is 0 Å². The van der Waals surface area contributed by atoms with Crippen LogP contribution in [0.4, 0.5) is 5.69 Å². The number of carbonyl (C=O) groups is 1. The molecule has 1 aliphatic rings. The van der Waals surface area contributed by atoms with Gasteiger partial charge < -0.3 is 25.3 Å². The van der Waals surface area contributed by atoms with Gasteiger partial charge in [-0.25, -0.2) is 4.98 Å². The molecule has 0 radical (unpaired) electrons. The SMILES string of the molecule is Cc1cn(-c2cc(CN3CCC[C@H](N)C3)cc(NC(=O)c3cccc(Oc4ccc5c(=O)[nH]ccc5c4)c3)c2)cn1. The Morgan fingerprint density at radius 3 is 2.83 bits per heavy atom. The molecule has 9 nitrogen and oxygen atoms in total. The summed E-state index contributed by atoms with van der Waals surface area (Å²) in [6.45, 7) is 4.56. The molecule has 6 rings (SSSR count). The molecule has 0 saturated carbocycles. The second-order valence-corrected chi connectivity index (χ2v) is 10.6. The molecular weight excluding hydrogens is 516 g/mol. The van der Waals surface area contributed by atoms with Gasteiger partial charge in [0.05, 0.1) is 12.0 Å². The van der Waals surface area contributed by atoms with Crippen molar-refractivity contribution in [2.75, 3.05) is 18.4 Å². The number of piperidine rings is 1. The first-order valence-corrected chi connectivity index (χ1v) is 13.7. The maximum Gasteiger partial charge on any atom is 0.255 e. The van der Waals surface area contributed by atoms with Gasteiger partial charge in [-0.05, 0) is 97.9 Å². The van der Waals surface area contributed by atoms with Crippen LogP contribution in [0.2, 0.25) is 0 Å². The molecule has 9 heteroatoms. The fourth-order valence-electron chi connectivity index (χ4n) is 5.32. The van der Waals surface area contributed by atoms with Crippen molar-refractivity contribution in [3.8, 4) is 17.2 Å². The number of pyridine rings is 1. The molecule has 1 atom stereocenters. The smallest absolute Gasteiger partial charge is 0.255 e. The largest absolute Gasteiger partial charge is 0.457 e. The Kier molecular flexibility index (Phi) is 7.37. The van der Waals surface area contributed by atoms with Crippen LogP contribution in [0, 0.1) is 6.92 Å². The number of aromatic amines is 1. The van der Waals surface area contributed by atoms with Gasteiger partial charge in [-0.2, -0.15) is 0 Å². The number of likely N-dealkylation sites (tertiary alicyclic amines) is 1. The Morgan fingerprint density at radius 1 is 1.12 bits per heavy atom. The van der Waals surface area contributed by atoms with Crippen LogP contribution in [0.1, 0.15) is 34.5 Å². The molecule has 4 N–H and O–H groups in total. The van der Waals surface area contributed by atoms with Gasteiger partial charge in [-0.3, -0.25) is 14.5 Å². The van der Waals surface area contributed by atoms with E-state index >= 15 is 0 Å². The van der Waals surface area contributed by atoms with E-state index in [4.69, 9.17) is 10.5 Å². The summed E-state index contributed by atoms with van der Waals surface area (Å²) in [4.78, 5) is 34.8. The molecule has 0 unspecified atom stereocenters. The minimum absolute atomic E-state index is 0.150. The van der Waals surface area contributed by atoms with Crippen LogP contribution in [0.5, 0.6) is 11.5 Å². The van der Waals surface area contributed by atoms with Crippen LogP contribution in [-0.2, 0) is 6.54 Å². The van der Waals surface area contributed by atoms with Crippen molar-refractivity contribution >= 4 is 22.4 Å². The average Bonchev–Trinajstić information content (AvgIpc) is 3.39. The molecule has 0 aliphatic carbocycles. The summed E-state index contributed by atoms with van der Waals surface area (Å²) in [7, 11) is 0. The number of benzene rings is 3. The lowest BCUT2D eigenvalue weighted by Gasteiger charge is -2.30. The zero-order chi connectivity index (χ0) is 28.3. The number of imidazole rings is 1. The summed E-state index contributed by atoms with van der Waals surface area (Å²) >= 11 is 0. The molecule has 5 aromatic rings. The van der Waals surface area contributed by atoms with Crippen molar-refractivity contribution in [3.63, 3.8) is 0 Å². The van der Waals surface area contributed by atoms with Gasteiger partial charge >= 0.3 is 0 Å². The average molecular weight is 549 g/mol. The van der Waals surface area contributed by atoms with Crippen LogP contribution in [0.25, 0.3) is 16.5 Å². The predicted octanol–water partition coefficient (Wildman–Crippen LogP) is 4.99. The highest BCUT2D eigenvalue weighted by Gasteiger charge is 2.18. The number of ether oxygens (including phenoxy) is 1. The summed E-state index contributed by atoms with van der Waals surface area (Å²) < 4.78 is 8.00. The minimum atomic E-state index is -0.245. The number of hydrogen-bond acceptors (Lipinski definition) is 6. The van der Waals surface area contributed by atoms with Gasteiger partial charge in [0.1, 0.15) is 11.5 Å². The Morgan fingerprint density at radius 2 is 2.00 bits per heavy atom. The van der Waals surface area contributed by atoms with Crippen LogP contribution < -0.4 is 21.3 Å². The van der Waals surface area contributed by atoms with Crippen molar-refractivity contribution in [1.29, 1.82) is 0 Å². The van der Waals surface area contributed by atoms with Crippen LogP contribution in [0.15, 0.2) is 90.2 Å². The Labute approximate surface area is 237 Å². The third-order valence-corrected chi connectivity index (χ3v) is 7.27. The Bertz CT molecular complexity index is 1780.